The number of benzene rings is 1. The van der Waals surface area contributed by atoms with Crippen LogP contribution in [-0.2, 0) is 0 Å². The molecule has 108 valence electrons. The molecule has 0 aliphatic carbocycles. The van der Waals surface area contributed by atoms with Gasteiger partial charge in [-0.05, 0) is 6.42 Å². The quantitative estimate of drug-likeness (QED) is 0.665. The number of ether oxygens (including phenoxy) is 1. The summed E-state index contributed by atoms with van der Waals surface area (Å²) in [7, 11) is 1.24. The molecule has 1 aromatic carbocycles. The van der Waals surface area contributed by atoms with Crippen LogP contribution in [0.25, 0.3) is 0 Å². The van der Waals surface area contributed by atoms with Crippen LogP contribution in [0.1, 0.15) is 13.3 Å². The first kappa shape index (κ1) is 15.4. The zero-order valence-corrected chi connectivity index (χ0v) is 10.7. The molecule has 0 aromatic heterocycles. The molecule has 0 fully saturated rings. The summed E-state index contributed by atoms with van der Waals surface area (Å²) in [6, 6.07) is 2.15. The van der Waals surface area contributed by atoms with E-state index in [-0.39, 0.29) is 23.7 Å². The van der Waals surface area contributed by atoms with E-state index in [1.807, 2.05) is 6.92 Å². The Morgan fingerprint density at radius 2 is 1.95 bits per heavy atom. The van der Waals surface area contributed by atoms with Gasteiger partial charge in [0.25, 0.3) is 0 Å². The predicted octanol–water partition coefficient (Wildman–Crippen LogP) is 3.20. The highest BCUT2D eigenvalue weighted by atomic mass is 19.4. The highest BCUT2D eigenvalue weighted by molar-refractivity contribution is 5.69. The fraction of sp³-hybridized carbons (Fsp3) is 0.500. The molecular weight excluding hydrogens is 264 g/mol. The fourth-order valence-corrected chi connectivity index (χ4v) is 1.57. The Hall–Kier alpha value is -1.66. The molecule has 1 aromatic rings. The second kappa shape index (κ2) is 5.99. The van der Waals surface area contributed by atoms with E-state index in [1.165, 1.54) is 13.1 Å². The SMILES string of the molecule is CCCOc1cc(N(C)CC(F)(F)F)c(N)cc1F. The van der Waals surface area contributed by atoms with Gasteiger partial charge >= 0.3 is 6.18 Å². The number of rotatable bonds is 5. The number of anilines is 2. The smallest absolute Gasteiger partial charge is 0.405 e. The van der Waals surface area contributed by atoms with Crippen molar-refractivity contribution in [3.8, 4) is 5.75 Å². The van der Waals surface area contributed by atoms with Crippen LogP contribution < -0.4 is 15.4 Å². The molecule has 19 heavy (non-hydrogen) atoms. The topological polar surface area (TPSA) is 38.5 Å². The number of halogens is 4. The van der Waals surface area contributed by atoms with Crippen LogP contribution in [0.3, 0.4) is 0 Å². The summed E-state index contributed by atoms with van der Waals surface area (Å²) in [5.41, 5.74) is 5.56. The van der Waals surface area contributed by atoms with Crippen molar-refractivity contribution in [2.24, 2.45) is 0 Å². The Morgan fingerprint density at radius 1 is 1.32 bits per heavy atom. The zero-order valence-electron chi connectivity index (χ0n) is 10.7. The molecule has 0 saturated heterocycles. The standard InChI is InChI=1S/C12H16F4N2O/c1-3-4-19-11-6-10(9(17)5-8(11)13)18(2)7-12(14,15)16/h5-6H,3-4,7,17H2,1-2H3. The van der Waals surface area contributed by atoms with Crippen LogP contribution in [0.15, 0.2) is 12.1 Å². The molecule has 0 aliphatic heterocycles. The maximum atomic E-state index is 13.5. The third-order valence-electron chi connectivity index (χ3n) is 2.37. The summed E-state index contributed by atoms with van der Waals surface area (Å²) < 4.78 is 55.6. The van der Waals surface area contributed by atoms with E-state index >= 15 is 0 Å². The normalized spacial score (nSPS) is 11.5. The Balaban J connectivity index is 2.99. The highest BCUT2D eigenvalue weighted by Gasteiger charge is 2.30. The Morgan fingerprint density at radius 3 is 2.47 bits per heavy atom. The van der Waals surface area contributed by atoms with Gasteiger partial charge in [0.15, 0.2) is 11.6 Å². The molecule has 0 amide bonds. The molecule has 0 spiro atoms. The maximum absolute atomic E-state index is 13.5. The molecule has 0 aliphatic rings. The third-order valence-corrected chi connectivity index (χ3v) is 2.37. The third kappa shape index (κ3) is 4.50. The minimum Gasteiger partial charge on any atom is -0.490 e. The van der Waals surface area contributed by atoms with Gasteiger partial charge in [0.1, 0.15) is 6.54 Å². The molecule has 7 heteroatoms. The second-order valence-corrected chi connectivity index (χ2v) is 4.16. The molecule has 1 rings (SSSR count). The number of nitrogens with two attached hydrogens (primary N) is 1. The van der Waals surface area contributed by atoms with Crippen molar-refractivity contribution in [1.29, 1.82) is 0 Å². The molecule has 0 heterocycles. The molecule has 0 bridgehead atoms. The Labute approximate surface area is 108 Å². The van der Waals surface area contributed by atoms with Gasteiger partial charge in [0.05, 0.1) is 18.0 Å². The number of hydrogen-bond acceptors (Lipinski definition) is 3. The first-order chi connectivity index (χ1) is 8.74. The van der Waals surface area contributed by atoms with Gasteiger partial charge in [-0.25, -0.2) is 4.39 Å². The van der Waals surface area contributed by atoms with E-state index in [2.05, 4.69) is 0 Å². The Bertz CT molecular complexity index is 434. The van der Waals surface area contributed by atoms with Crippen LogP contribution in [0.5, 0.6) is 5.75 Å². The van der Waals surface area contributed by atoms with E-state index in [1.54, 1.807) is 0 Å². The van der Waals surface area contributed by atoms with E-state index in [4.69, 9.17) is 10.5 Å². The fourth-order valence-electron chi connectivity index (χ4n) is 1.57. The van der Waals surface area contributed by atoms with E-state index in [9.17, 15) is 17.6 Å². The Kier molecular flexibility index (Phi) is 4.85. The summed E-state index contributed by atoms with van der Waals surface area (Å²) in [6.45, 7) is 0.950. The van der Waals surface area contributed by atoms with Crippen LogP contribution in [-0.4, -0.2) is 26.4 Å². The number of alkyl halides is 3. The van der Waals surface area contributed by atoms with Crippen molar-refractivity contribution >= 4 is 11.4 Å². The van der Waals surface area contributed by atoms with Crippen molar-refractivity contribution in [3.63, 3.8) is 0 Å². The lowest BCUT2D eigenvalue weighted by Crippen LogP contribution is -2.31. The molecule has 0 unspecified atom stereocenters. The van der Waals surface area contributed by atoms with Gasteiger partial charge in [-0.2, -0.15) is 13.2 Å². The van der Waals surface area contributed by atoms with Gasteiger partial charge in [-0.3, -0.25) is 0 Å². The van der Waals surface area contributed by atoms with Crippen molar-refractivity contribution in [1.82, 2.24) is 0 Å². The van der Waals surface area contributed by atoms with Crippen molar-refractivity contribution < 1.29 is 22.3 Å². The molecule has 0 atom stereocenters. The lowest BCUT2D eigenvalue weighted by atomic mass is 10.2. The van der Waals surface area contributed by atoms with Crippen molar-refractivity contribution in [3.05, 3.63) is 17.9 Å². The van der Waals surface area contributed by atoms with Gasteiger partial charge in [0.2, 0.25) is 0 Å². The van der Waals surface area contributed by atoms with Crippen molar-refractivity contribution in [2.45, 2.75) is 19.5 Å². The zero-order chi connectivity index (χ0) is 14.6. The highest BCUT2D eigenvalue weighted by Crippen LogP contribution is 2.32. The second-order valence-electron chi connectivity index (χ2n) is 4.16. The molecular formula is C12H16F4N2O. The van der Waals surface area contributed by atoms with E-state index in [0.29, 0.717) is 6.42 Å². The predicted molar refractivity (Wildman–Crippen MR) is 65.9 cm³/mol. The number of nitrogen functional groups attached to an aromatic ring is 1. The van der Waals surface area contributed by atoms with E-state index in [0.717, 1.165) is 11.0 Å². The average molecular weight is 280 g/mol. The number of hydrogen-bond donors (Lipinski definition) is 1. The summed E-state index contributed by atoms with van der Waals surface area (Å²) in [6.07, 6.45) is -3.70. The van der Waals surface area contributed by atoms with Gasteiger partial charge in [0, 0.05) is 19.2 Å². The largest absolute Gasteiger partial charge is 0.490 e. The summed E-state index contributed by atoms with van der Waals surface area (Å²) >= 11 is 0. The van der Waals surface area contributed by atoms with Crippen LogP contribution in [0.4, 0.5) is 28.9 Å². The number of nitrogens with zero attached hydrogens (tertiary/aromatic N) is 1. The summed E-state index contributed by atoms with van der Waals surface area (Å²) in [5, 5.41) is 0. The monoisotopic (exact) mass is 280 g/mol. The maximum Gasteiger partial charge on any atom is 0.405 e. The average Bonchev–Trinajstić information content (AvgIpc) is 2.25. The molecule has 0 radical (unpaired) electrons. The van der Waals surface area contributed by atoms with Crippen LogP contribution in [0, 0.1) is 5.82 Å². The first-order valence-corrected chi connectivity index (χ1v) is 5.74. The lowest BCUT2D eigenvalue weighted by Gasteiger charge is -2.23. The minimum atomic E-state index is -4.36. The van der Waals surface area contributed by atoms with Gasteiger partial charge in [-0.15, -0.1) is 0 Å². The van der Waals surface area contributed by atoms with Gasteiger partial charge in [-0.1, -0.05) is 6.92 Å². The van der Waals surface area contributed by atoms with Gasteiger partial charge < -0.3 is 15.4 Å². The van der Waals surface area contributed by atoms with Crippen molar-refractivity contribution in [2.75, 3.05) is 30.8 Å². The minimum absolute atomic E-state index is 0.0619. The molecule has 0 saturated carbocycles. The van der Waals surface area contributed by atoms with Crippen LogP contribution >= 0.6 is 0 Å². The summed E-state index contributed by atoms with van der Waals surface area (Å²) in [5.74, 6) is -0.782. The van der Waals surface area contributed by atoms with E-state index < -0.39 is 18.5 Å². The molecule has 3 nitrogen and oxygen atoms in total. The molecule has 2 N–H and O–H groups in total. The summed E-state index contributed by atoms with van der Waals surface area (Å²) in [4.78, 5) is 0.910. The lowest BCUT2D eigenvalue weighted by molar-refractivity contribution is -0.119. The first-order valence-electron chi connectivity index (χ1n) is 5.74. The van der Waals surface area contributed by atoms with Crippen LogP contribution in [0.2, 0.25) is 0 Å².